The molecule has 1 aromatic rings. The average Bonchev–Trinajstić information content (AvgIpc) is 2.77. The van der Waals surface area contributed by atoms with Crippen LogP contribution >= 0.6 is 11.3 Å². The van der Waals surface area contributed by atoms with Crippen molar-refractivity contribution in [3.05, 3.63) is 11.6 Å². The number of amides is 2. The number of carboxylic acids is 1. The number of hydrogen-bond donors (Lipinski definition) is 2. The molecule has 0 aliphatic rings. The first-order valence-corrected chi connectivity index (χ1v) is 6.46. The molecule has 0 aromatic carbocycles. The molecule has 0 aliphatic carbocycles. The molecule has 0 radical (unpaired) electrons. The monoisotopic (exact) mass is 271 g/mol. The number of aliphatic carboxylic acids is 1. The van der Waals surface area contributed by atoms with Crippen molar-refractivity contribution in [3.63, 3.8) is 0 Å². The lowest BCUT2D eigenvalue weighted by Crippen LogP contribution is -2.45. The number of nitrogens with one attached hydrogen (secondary N) is 1. The Morgan fingerprint density at radius 1 is 1.56 bits per heavy atom. The van der Waals surface area contributed by atoms with Gasteiger partial charge >= 0.3 is 12.0 Å². The highest BCUT2D eigenvalue weighted by molar-refractivity contribution is 7.13. The van der Waals surface area contributed by atoms with Crippen molar-refractivity contribution in [2.24, 2.45) is 5.92 Å². The maximum absolute atomic E-state index is 11.9. The van der Waals surface area contributed by atoms with Crippen molar-refractivity contribution in [1.29, 1.82) is 0 Å². The van der Waals surface area contributed by atoms with E-state index in [2.05, 4.69) is 10.3 Å². The Hall–Kier alpha value is -1.63. The second kappa shape index (κ2) is 6.34. The second-order valence-electron chi connectivity index (χ2n) is 4.36. The fourth-order valence-electron chi connectivity index (χ4n) is 1.48. The highest BCUT2D eigenvalue weighted by Crippen LogP contribution is 2.14. The molecule has 1 heterocycles. The highest BCUT2D eigenvalue weighted by atomic mass is 32.1. The van der Waals surface area contributed by atoms with Crippen molar-refractivity contribution < 1.29 is 14.7 Å². The fraction of sp³-hybridized carbons (Fsp3) is 0.545. The molecule has 0 spiro atoms. The van der Waals surface area contributed by atoms with Gasteiger partial charge in [-0.05, 0) is 12.3 Å². The van der Waals surface area contributed by atoms with Gasteiger partial charge in [0.2, 0.25) is 0 Å². The normalized spacial score (nSPS) is 12.2. The van der Waals surface area contributed by atoms with Gasteiger partial charge in [-0.1, -0.05) is 13.8 Å². The molecule has 1 rings (SSSR count). The van der Waals surface area contributed by atoms with E-state index in [0.29, 0.717) is 11.6 Å². The lowest BCUT2D eigenvalue weighted by molar-refractivity contribution is -0.142. The van der Waals surface area contributed by atoms with Crippen molar-refractivity contribution in [2.75, 3.05) is 12.4 Å². The minimum absolute atomic E-state index is 0.196. The van der Waals surface area contributed by atoms with Gasteiger partial charge in [0.1, 0.15) is 6.04 Å². The molecule has 0 aliphatic heterocycles. The molecule has 7 heteroatoms. The number of carbonyl (C=O) groups excluding carboxylic acids is 1. The third-order valence-electron chi connectivity index (χ3n) is 2.41. The van der Waals surface area contributed by atoms with E-state index in [-0.39, 0.29) is 5.92 Å². The number of rotatable bonds is 5. The Balaban J connectivity index is 2.67. The smallest absolute Gasteiger partial charge is 0.326 e. The number of aromatic nitrogens is 1. The van der Waals surface area contributed by atoms with Crippen LogP contribution in [0.1, 0.15) is 20.3 Å². The Labute approximate surface area is 110 Å². The minimum Gasteiger partial charge on any atom is -0.480 e. The van der Waals surface area contributed by atoms with E-state index >= 15 is 0 Å². The van der Waals surface area contributed by atoms with Crippen LogP contribution in [0.3, 0.4) is 0 Å². The molecule has 0 fully saturated rings. The number of carbonyl (C=O) groups is 2. The van der Waals surface area contributed by atoms with E-state index in [0.717, 1.165) is 0 Å². The zero-order chi connectivity index (χ0) is 13.7. The molecule has 6 nitrogen and oxygen atoms in total. The molecule has 1 atom stereocenters. The van der Waals surface area contributed by atoms with E-state index in [4.69, 9.17) is 5.11 Å². The number of nitrogens with zero attached hydrogens (tertiary/aromatic N) is 2. The Morgan fingerprint density at radius 2 is 2.22 bits per heavy atom. The first-order valence-electron chi connectivity index (χ1n) is 5.58. The van der Waals surface area contributed by atoms with E-state index in [1.54, 1.807) is 11.6 Å². The summed E-state index contributed by atoms with van der Waals surface area (Å²) in [5.41, 5.74) is 0. The van der Waals surface area contributed by atoms with Crippen molar-refractivity contribution in [3.8, 4) is 0 Å². The van der Waals surface area contributed by atoms with Gasteiger partial charge in [0.15, 0.2) is 5.13 Å². The minimum atomic E-state index is -1.000. The molecule has 2 amide bonds. The maximum Gasteiger partial charge on any atom is 0.326 e. The van der Waals surface area contributed by atoms with Crippen LogP contribution in [0, 0.1) is 5.92 Å². The fourth-order valence-corrected chi connectivity index (χ4v) is 2.00. The quantitative estimate of drug-likeness (QED) is 0.859. The first-order chi connectivity index (χ1) is 8.41. The molecular weight excluding hydrogens is 254 g/mol. The van der Waals surface area contributed by atoms with Gasteiger partial charge in [-0.3, -0.25) is 5.32 Å². The number of carboxylic acid groups (broad SMARTS) is 1. The van der Waals surface area contributed by atoms with Crippen LogP contribution in [0.2, 0.25) is 0 Å². The average molecular weight is 271 g/mol. The van der Waals surface area contributed by atoms with Crippen LogP contribution in [0.15, 0.2) is 11.6 Å². The van der Waals surface area contributed by atoms with Crippen LogP contribution in [0.5, 0.6) is 0 Å². The summed E-state index contributed by atoms with van der Waals surface area (Å²) < 4.78 is 0. The zero-order valence-electron chi connectivity index (χ0n) is 10.6. The van der Waals surface area contributed by atoms with Gasteiger partial charge in [0, 0.05) is 18.6 Å². The molecule has 0 saturated heterocycles. The molecule has 2 N–H and O–H groups in total. The summed E-state index contributed by atoms with van der Waals surface area (Å²) in [6.45, 7) is 3.84. The van der Waals surface area contributed by atoms with E-state index in [9.17, 15) is 9.59 Å². The number of urea groups is 1. The second-order valence-corrected chi connectivity index (χ2v) is 5.26. The lowest BCUT2D eigenvalue weighted by atomic mass is 10.0. The largest absolute Gasteiger partial charge is 0.480 e. The number of hydrogen-bond acceptors (Lipinski definition) is 4. The Morgan fingerprint density at radius 3 is 2.67 bits per heavy atom. The predicted octanol–water partition coefficient (Wildman–Crippen LogP) is 2.11. The van der Waals surface area contributed by atoms with E-state index in [1.807, 2.05) is 13.8 Å². The van der Waals surface area contributed by atoms with Crippen LogP contribution in [-0.4, -0.2) is 40.1 Å². The molecular formula is C11H17N3O3S. The molecule has 1 unspecified atom stereocenters. The highest BCUT2D eigenvalue weighted by Gasteiger charge is 2.27. The predicted molar refractivity (Wildman–Crippen MR) is 69.8 cm³/mol. The number of likely N-dealkylation sites (N-methyl/N-ethyl adjacent to an activating group) is 1. The number of thiazole rings is 1. The van der Waals surface area contributed by atoms with E-state index in [1.165, 1.54) is 23.3 Å². The van der Waals surface area contributed by atoms with Gasteiger partial charge in [-0.15, -0.1) is 11.3 Å². The summed E-state index contributed by atoms with van der Waals surface area (Å²) in [6.07, 6.45) is 1.99. The van der Waals surface area contributed by atoms with Gasteiger partial charge in [-0.25, -0.2) is 14.6 Å². The van der Waals surface area contributed by atoms with Crippen LogP contribution in [0.4, 0.5) is 9.93 Å². The summed E-state index contributed by atoms with van der Waals surface area (Å²) in [4.78, 5) is 28.1. The standard InChI is InChI=1S/C11H17N3O3S/c1-7(2)6-8(9(15)16)14(3)11(17)13-10-12-4-5-18-10/h4-5,7-8H,6H2,1-3H3,(H,15,16)(H,12,13,17). The SMILES string of the molecule is CC(C)CC(C(=O)O)N(C)C(=O)Nc1nccs1. The third kappa shape index (κ3) is 3.99. The van der Waals surface area contributed by atoms with Crippen LogP contribution in [0.25, 0.3) is 0 Å². The first kappa shape index (κ1) is 14.4. The summed E-state index contributed by atoms with van der Waals surface area (Å²) >= 11 is 1.29. The van der Waals surface area contributed by atoms with Crippen LogP contribution < -0.4 is 5.32 Å². The Kier molecular flexibility index (Phi) is 5.08. The van der Waals surface area contributed by atoms with Gasteiger partial charge in [0.05, 0.1) is 0 Å². The number of anilines is 1. The van der Waals surface area contributed by atoms with Crippen molar-refractivity contribution >= 4 is 28.5 Å². The van der Waals surface area contributed by atoms with Crippen molar-refractivity contribution in [1.82, 2.24) is 9.88 Å². The topological polar surface area (TPSA) is 82.5 Å². The summed E-state index contributed by atoms with van der Waals surface area (Å²) in [7, 11) is 1.48. The van der Waals surface area contributed by atoms with Gasteiger partial charge in [0.25, 0.3) is 0 Å². The van der Waals surface area contributed by atoms with Gasteiger partial charge in [-0.2, -0.15) is 0 Å². The summed E-state index contributed by atoms with van der Waals surface area (Å²) in [5, 5.41) is 13.9. The van der Waals surface area contributed by atoms with Crippen molar-refractivity contribution in [2.45, 2.75) is 26.3 Å². The van der Waals surface area contributed by atoms with Crippen LogP contribution in [-0.2, 0) is 4.79 Å². The molecule has 0 bridgehead atoms. The zero-order valence-corrected chi connectivity index (χ0v) is 11.4. The third-order valence-corrected chi connectivity index (χ3v) is 3.10. The van der Waals surface area contributed by atoms with E-state index < -0.39 is 18.0 Å². The van der Waals surface area contributed by atoms with Gasteiger partial charge < -0.3 is 10.0 Å². The summed E-state index contributed by atoms with van der Waals surface area (Å²) in [5.74, 6) is -0.804. The molecule has 100 valence electrons. The maximum atomic E-state index is 11.9. The molecule has 18 heavy (non-hydrogen) atoms. The summed E-state index contributed by atoms with van der Waals surface area (Å²) in [6, 6.07) is -1.29. The lowest BCUT2D eigenvalue weighted by Gasteiger charge is -2.25. The molecule has 1 aromatic heterocycles. The Bertz CT molecular complexity index is 406. The molecule has 0 saturated carbocycles.